The molecule has 7 heteroatoms. The molecule has 178 valence electrons. The van der Waals surface area contributed by atoms with Crippen LogP contribution in [0.15, 0.2) is 53.5 Å². The van der Waals surface area contributed by atoms with E-state index in [1.165, 1.54) is 0 Å². The van der Waals surface area contributed by atoms with E-state index in [0.29, 0.717) is 6.42 Å². The second-order valence-electron chi connectivity index (χ2n) is 8.62. The highest BCUT2D eigenvalue weighted by atomic mass is 16.3. The van der Waals surface area contributed by atoms with Gasteiger partial charge in [0.25, 0.3) is 0 Å². The number of rotatable bonds is 7. The third kappa shape index (κ3) is 5.53. The normalized spacial score (nSPS) is 22.1. The molecule has 33 heavy (non-hydrogen) atoms. The lowest BCUT2D eigenvalue weighted by atomic mass is 10.0. The molecule has 0 bridgehead atoms. The number of piperidine rings is 1. The van der Waals surface area contributed by atoms with E-state index in [-0.39, 0.29) is 5.75 Å². The molecule has 0 radical (unpaired) electrons. The predicted molar refractivity (Wildman–Crippen MR) is 137 cm³/mol. The Morgan fingerprint density at radius 1 is 1.21 bits per heavy atom. The van der Waals surface area contributed by atoms with E-state index < -0.39 is 0 Å². The molecule has 0 spiro atoms. The van der Waals surface area contributed by atoms with Gasteiger partial charge in [0, 0.05) is 36.5 Å². The third-order valence-electron chi connectivity index (χ3n) is 6.63. The Morgan fingerprint density at radius 3 is 2.39 bits per heavy atom. The van der Waals surface area contributed by atoms with E-state index in [1.807, 2.05) is 39.1 Å². The molecule has 2 unspecified atom stereocenters. The first-order valence-corrected chi connectivity index (χ1v) is 12.0. The van der Waals surface area contributed by atoms with E-state index >= 15 is 0 Å². The average molecular weight is 451 g/mol. The van der Waals surface area contributed by atoms with Crippen molar-refractivity contribution in [2.24, 2.45) is 22.0 Å². The first-order chi connectivity index (χ1) is 16.0. The largest absolute Gasteiger partial charge is 0.507 e. The number of aromatic hydroxyl groups is 1. The van der Waals surface area contributed by atoms with Gasteiger partial charge in [-0.3, -0.25) is 5.10 Å². The molecule has 2 fully saturated rings. The van der Waals surface area contributed by atoms with Crippen molar-refractivity contribution >= 4 is 11.5 Å². The maximum Gasteiger partial charge on any atom is 0.125 e. The number of phenols is 1. The molecule has 2 aromatic rings. The van der Waals surface area contributed by atoms with Crippen LogP contribution < -0.4 is 0 Å². The van der Waals surface area contributed by atoms with Crippen LogP contribution >= 0.6 is 0 Å². The van der Waals surface area contributed by atoms with Crippen molar-refractivity contribution in [1.82, 2.24) is 20.0 Å². The molecule has 2 N–H and O–H groups in total. The number of aromatic nitrogens is 2. The van der Waals surface area contributed by atoms with Crippen LogP contribution in [-0.2, 0) is 0 Å². The van der Waals surface area contributed by atoms with Gasteiger partial charge in [0.1, 0.15) is 11.6 Å². The number of likely N-dealkylation sites (tertiary alicyclic amines) is 1. The highest BCUT2D eigenvalue weighted by Gasteiger charge is 2.57. The predicted octanol–water partition coefficient (Wildman–Crippen LogP) is 4.78. The topological polar surface area (TPSA) is 80.1 Å². The zero-order valence-electron chi connectivity index (χ0n) is 20.6. The Hall–Kier alpha value is -2.93. The lowest BCUT2D eigenvalue weighted by Gasteiger charge is -2.25. The number of hydrogen-bond donors (Lipinski definition) is 2. The Labute approximate surface area is 197 Å². The number of phenolic OH excluding ortho intramolecular Hbond substituents is 1. The number of benzene rings is 1. The van der Waals surface area contributed by atoms with Crippen LogP contribution in [-0.4, -0.2) is 68.9 Å². The van der Waals surface area contributed by atoms with Crippen molar-refractivity contribution in [2.75, 3.05) is 26.2 Å². The van der Waals surface area contributed by atoms with Gasteiger partial charge in [-0.2, -0.15) is 10.2 Å². The fourth-order valence-electron chi connectivity index (χ4n) is 4.82. The number of H-pyrrole nitrogens is 1. The maximum atomic E-state index is 10.6. The van der Waals surface area contributed by atoms with Gasteiger partial charge in [-0.25, -0.2) is 0 Å². The monoisotopic (exact) mass is 450 g/mol. The molecular weight excluding hydrogens is 412 g/mol. The zero-order chi connectivity index (χ0) is 24.0. The van der Waals surface area contributed by atoms with Crippen molar-refractivity contribution in [2.45, 2.75) is 47.1 Å². The van der Waals surface area contributed by atoms with E-state index in [2.05, 4.69) is 50.6 Å². The van der Waals surface area contributed by atoms with Crippen molar-refractivity contribution in [3.05, 3.63) is 48.8 Å². The molecule has 2 aliphatic rings. The van der Waals surface area contributed by atoms with E-state index in [4.69, 9.17) is 0 Å². The number of fused-ring (bicyclic) bond motifs is 1. The van der Waals surface area contributed by atoms with E-state index in [1.54, 1.807) is 18.3 Å². The minimum absolute atomic E-state index is 0.214. The number of aromatic amines is 1. The fourth-order valence-corrected chi connectivity index (χ4v) is 4.82. The first-order valence-electron chi connectivity index (χ1n) is 12.0. The minimum Gasteiger partial charge on any atom is -0.507 e. The molecule has 2 atom stereocenters. The van der Waals surface area contributed by atoms with Crippen molar-refractivity contribution in [3.8, 4) is 16.9 Å². The number of nitrogens with one attached hydrogen (secondary N) is 1. The van der Waals surface area contributed by atoms with Crippen molar-refractivity contribution < 1.29 is 5.11 Å². The van der Waals surface area contributed by atoms with Crippen LogP contribution in [0, 0.1) is 11.8 Å². The zero-order valence-corrected chi connectivity index (χ0v) is 20.6. The van der Waals surface area contributed by atoms with Gasteiger partial charge in [-0.05, 0) is 62.9 Å². The van der Waals surface area contributed by atoms with Gasteiger partial charge in [0.2, 0.25) is 0 Å². The molecule has 7 nitrogen and oxygen atoms in total. The number of hydrogen-bond acceptors (Lipinski definition) is 5. The molecule has 0 amide bonds. The summed E-state index contributed by atoms with van der Waals surface area (Å²) in [6, 6.07) is 6.39. The Bertz CT molecular complexity index is 965. The molecular formula is C26H38N6O. The number of nitrogens with zero attached hydrogens (tertiary/aromatic N) is 5. The van der Waals surface area contributed by atoms with Crippen LogP contribution in [0.4, 0.5) is 0 Å². The highest BCUT2D eigenvalue weighted by molar-refractivity contribution is 6.03. The van der Waals surface area contributed by atoms with E-state index in [9.17, 15) is 5.11 Å². The average Bonchev–Trinajstić information content (AvgIpc) is 3.21. The Morgan fingerprint density at radius 2 is 1.88 bits per heavy atom. The van der Waals surface area contributed by atoms with Crippen LogP contribution in [0.2, 0.25) is 0 Å². The van der Waals surface area contributed by atoms with Crippen LogP contribution in [0.3, 0.4) is 0 Å². The molecule has 1 aliphatic heterocycles. The van der Waals surface area contributed by atoms with Crippen molar-refractivity contribution in [1.29, 1.82) is 0 Å². The van der Waals surface area contributed by atoms with Crippen LogP contribution in [0.5, 0.6) is 5.75 Å². The first kappa shape index (κ1) is 24.7. The van der Waals surface area contributed by atoms with Crippen LogP contribution in [0.25, 0.3) is 11.1 Å². The van der Waals surface area contributed by atoms with Gasteiger partial charge in [0.15, 0.2) is 0 Å². The van der Waals surface area contributed by atoms with E-state index in [0.717, 1.165) is 72.3 Å². The second-order valence-corrected chi connectivity index (χ2v) is 8.62. The molecule has 1 aromatic carbocycles. The summed E-state index contributed by atoms with van der Waals surface area (Å²) in [5.41, 5.74) is 3.37. The van der Waals surface area contributed by atoms with Crippen molar-refractivity contribution in [3.63, 3.8) is 0 Å². The SMILES string of the molecule is C=CC.CC/C(=N\N=C(/C)N1CC2C(C1)C2N(CC)CC)c1ccc(-c2cn[nH]c2)cc1O. The Balaban J connectivity index is 0.000000968. The quantitative estimate of drug-likeness (QED) is 0.275. The standard InChI is InChI=1S/C23H32N6O.C3H6/c1-5-21(18-9-8-16(10-22(18)30)17-11-24-25-12-17)27-26-15(4)29-13-19-20(14-29)23(19)28(6-2)7-3;1-3-2/h8-12,19-20,23,30H,5-7,13-14H2,1-4H3,(H,24,25);3H,1H2,2H3/b26-15+,27-21+;. The lowest BCUT2D eigenvalue weighted by molar-refractivity contribution is 0.243. The van der Waals surface area contributed by atoms with Gasteiger partial charge in [0.05, 0.1) is 11.9 Å². The highest BCUT2D eigenvalue weighted by Crippen LogP contribution is 2.48. The smallest absolute Gasteiger partial charge is 0.125 e. The van der Waals surface area contributed by atoms with Gasteiger partial charge < -0.3 is 14.9 Å². The summed E-state index contributed by atoms with van der Waals surface area (Å²) in [5.74, 6) is 2.71. The molecule has 1 saturated heterocycles. The molecule has 1 saturated carbocycles. The summed E-state index contributed by atoms with van der Waals surface area (Å²) < 4.78 is 0. The molecule has 4 rings (SSSR count). The Kier molecular flexibility index (Phi) is 8.44. The van der Waals surface area contributed by atoms with Gasteiger partial charge >= 0.3 is 0 Å². The summed E-state index contributed by atoms with van der Waals surface area (Å²) in [6.45, 7) is 18.2. The molecule has 1 aromatic heterocycles. The summed E-state index contributed by atoms with van der Waals surface area (Å²) in [7, 11) is 0. The number of allylic oxidation sites excluding steroid dienone is 1. The second kappa shape index (κ2) is 11.3. The molecule has 1 aliphatic carbocycles. The molecule has 2 heterocycles. The summed E-state index contributed by atoms with van der Waals surface area (Å²) >= 11 is 0. The third-order valence-corrected chi connectivity index (χ3v) is 6.63. The summed E-state index contributed by atoms with van der Waals surface area (Å²) in [5, 5.41) is 26.4. The van der Waals surface area contributed by atoms with Gasteiger partial charge in [-0.15, -0.1) is 11.7 Å². The number of amidine groups is 1. The van der Waals surface area contributed by atoms with Crippen LogP contribution in [0.1, 0.15) is 46.6 Å². The van der Waals surface area contributed by atoms with Gasteiger partial charge in [-0.1, -0.05) is 32.9 Å². The maximum absolute atomic E-state index is 10.6. The lowest BCUT2D eigenvalue weighted by Crippen LogP contribution is -2.36. The summed E-state index contributed by atoms with van der Waals surface area (Å²) in [4.78, 5) is 4.94. The summed E-state index contributed by atoms with van der Waals surface area (Å²) in [6.07, 6.45) is 6.00. The minimum atomic E-state index is 0.214. The fraction of sp³-hybridized carbons (Fsp3) is 0.500.